The van der Waals surface area contributed by atoms with E-state index in [0.717, 1.165) is 69.6 Å². The van der Waals surface area contributed by atoms with Crippen LogP contribution in [0.25, 0.3) is 0 Å². The van der Waals surface area contributed by atoms with Crippen molar-refractivity contribution in [3.8, 4) is 0 Å². The lowest BCUT2D eigenvalue weighted by molar-refractivity contribution is -0.167. The van der Waals surface area contributed by atoms with E-state index < -0.39 is 6.10 Å². The number of carbonyl (C=O) groups is 3. The molecule has 0 aromatic heterocycles. The van der Waals surface area contributed by atoms with Gasteiger partial charge >= 0.3 is 17.9 Å². The lowest BCUT2D eigenvalue weighted by atomic mass is 10.0. The number of unbranched alkanes of at least 4 members (excludes halogenated alkanes) is 32. The molecule has 0 radical (unpaired) electrons. The standard InChI is InChI=1S/C53H102O6/c1-6-7-8-9-10-11-16-23-28-33-38-43-51(54)57-46-50(59-53(56)45-40-35-30-25-20-15-13-18-22-27-32-37-42-49(4)5)47-58-52(55)44-39-34-29-24-19-14-12-17-21-26-31-36-41-48(2)3/h48-50H,6-47H2,1-5H3/t50-/m0/s1. The molecular weight excluding hydrogens is 733 g/mol. The molecule has 1 atom stereocenters. The van der Waals surface area contributed by atoms with E-state index in [9.17, 15) is 14.4 Å². The molecule has 0 fully saturated rings. The van der Waals surface area contributed by atoms with Gasteiger partial charge in [-0.25, -0.2) is 0 Å². The minimum atomic E-state index is -0.761. The Morgan fingerprint density at radius 3 is 0.831 bits per heavy atom. The molecule has 0 aromatic rings. The van der Waals surface area contributed by atoms with Crippen LogP contribution >= 0.6 is 0 Å². The number of esters is 3. The van der Waals surface area contributed by atoms with Gasteiger partial charge in [0.25, 0.3) is 0 Å². The minimum Gasteiger partial charge on any atom is -0.462 e. The summed E-state index contributed by atoms with van der Waals surface area (Å²) >= 11 is 0. The first-order valence-electron chi connectivity index (χ1n) is 26.2. The summed E-state index contributed by atoms with van der Waals surface area (Å²) < 4.78 is 16.8. The van der Waals surface area contributed by atoms with Crippen molar-refractivity contribution in [2.24, 2.45) is 11.8 Å². The normalized spacial score (nSPS) is 12.1. The van der Waals surface area contributed by atoms with Gasteiger partial charge in [-0.15, -0.1) is 0 Å². The van der Waals surface area contributed by atoms with Crippen LogP contribution in [0, 0.1) is 11.8 Å². The predicted octanol–water partition coefficient (Wildman–Crippen LogP) is 16.9. The quantitative estimate of drug-likeness (QED) is 0.0345. The first-order valence-corrected chi connectivity index (χ1v) is 26.2. The third kappa shape index (κ3) is 47.3. The van der Waals surface area contributed by atoms with Crippen molar-refractivity contribution in [1.29, 1.82) is 0 Å². The van der Waals surface area contributed by atoms with Gasteiger partial charge in [0.1, 0.15) is 13.2 Å². The molecule has 0 aliphatic carbocycles. The van der Waals surface area contributed by atoms with Crippen LogP contribution in [0.5, 0.6) is 0 Å². The van der Waals surface area contributed by atoms with Crippen molar-refractivity contribution in [2.45, 2.75) is 298 Å². The highest BCUT2D eigenvalue weighted by atomic mass is 16.6. The SMILES string of the molecule is CCCCCCCCCCCCCC(=O)OC[C@@H](COC(=O)CCCCCCCCCCCCCCC(C)C)OC(=O)CCCCCCCCCCCCCCC(C)C. The molecule has 0 aromatic carbocycles. The van der Waals surface area contributed by atoms with Gasteiger partial charge in [-0.3, -0.25) is 14.4 Å². The van der Waals surface area contributed by atoms with Crippen LogP contribution in [-0.2, 0) is 28.6 Å². The third-order valence-electron chi connectivity index (χ3n) is 12.0. The number of carbonyl (C=O) groups excluding carboxylic acids is 3. The largest absolute Gasteiger partial charge is 0.462 e. The lowest BCUT2D eigenvalue weighted by Crippen LogP contribution is -2.30. The van der Waals surface area contributed by atoms with Crippen LogP contribution in [0.15, 0.2) is 0 Å². The fourth-order valence-electron chi connectivity index (χ4n) is 7.99. The van der Waals surface area contributed by atoms with Crippen molar-refractivity contribution in [2.75, 3.05) is 13.2 Å². The Labute approximate surface area is 368 Å². The summed E-state index contributed by atoms with van der Waals surface area (Å²) in [6, 6.07) is 0. The average molecular weight is 835 g/mol. The average Bonchev–Trinajstić information content (AvgIpc) is 3.20. The van der Waals surface area contributed by atoms with E-state index in [0.29, 0.717) is 19.3 Å². The van der Waals surface area contributed by atoms with Crippen molar-refractivity contribution in [1.82, 2.24) is 0 Å². The predicted molar refractivity (Wildman–Crippen MR) is 252 cm³/mol. The van der Waals surface area contributed by atoms with Crippen molar-refractivity contribution in [3.63, 3.8) is 0 Å². The second-order valence-corrected chi connectivity index (χ2v) is 19.1. The summed E-state index contributed by atoms with van der Waals surface area (Å²) in [4.78, 5) is 37.9. The maximum absolute atomic E-state index is 12.8. The molecule has 6 nitrogen and oxygen atoms in total. The number of hydrogen-bond donors (Lipinski definition) is 0. The Bertz CT molecular complexity index is 900. The van der Waals surface area contributed by atoms with Crippen LogP contribution in [0.2, 0.25) is 0 Å². The third-order valence-corrected chi connectivity index (χ3v) is 12.0. The van der Waals surface area contributed by atoms with Gasteiger partial charge < -0.3 is 14.2 Å². The van der Waals surface area contributed by atoms with Crippen LogP contribution in [0.3, 0.4) is 0 Å². The van der Waals surface area contributed by atoms with Gasteiger partial charge in [-0.2, -0.15) is 0 Å². The van der Waals surface area contributed by atoms with Gasteiger partial charge in [-0.1, -0.05) is 253 Å². The van der Waals surface area contributed by atoms with Crippen molar-refractivity contribution < 1.29 is 28.6 Å². The molecule has 0 saturated carbocycles. The summed E-state index contributed by atoms with van der Waals surface area (Å²) in [6.45, 7) is 11.4. The fraction of sp³-hybridized carbons (Fsp3) is 0.943. The highest BCUT2D eigenvalue weighted by Gasteiger charge is 2.19. The summed E-state index contributed by atoms with van der Waals surface area (Å²) in [5.74, 6) is 0.819. The first-order chi connectivity index (χ1) is 28.7. The second-order valence-electron chi connectivity index (χ2n) is 19.1. The first kappa shape index (κ1) is 57.4. The van der Waals surface area contributed by atoms with Gasteiger partial charge in [0.05, 0.1) is 0 Å². The molecule has 0 spiro atoms. The molecule has 0 aliphatic heterocycles. The highest BCUT2D eigenvalue weighted by Crippen LogP contribution is 2.17. The maximum atomic E-state index is 12.8. The Morgan fingerprint density at radius 1 is 0.322 bits per heavy atom. The summed E-state index contributed by atoms with van der Waals surface area (Å²) in [5, 5.41) is 0. The van der Waals surface area contributed by atoms with Crippen LogP contribution < -0.4 is 0 Å². The molecule has 6 heteroatoms. The smallest absolute Gasteiger partial charge is 0.306 e. The molecule has 0 heterocycles. The van der Waals surface area contributed by atoms with Crippen LogP contribution in [0.1, 0.15) is 291 Å². The molecule has 350 valence electrons. The van der Waals surface area contributed by atoms with Crippen LogP contribution in [0.4, 0.5) is 0 Å². The molecule has 0 amide bonds. The monoisotopic (exact) mass is 835 g/mol. The fourth-order valence-corrected chi connectivity index (χ4v) is 7.99. The van der Waals surface area contributed by atoms with E-state index in [2.05, 4.69) is 34.6 Å². The zero-order chi connectivity index (χ0) is 43.3. The van der Waals surface area contributed by atoms with Gasteiger partial charge in [-0.05, 0) is 31.1 Å². The molecular formula is C53H102O6. The van der Waals surface area contributed by atoms with E-state index in [4.69, 9.17) is 14.2 Å². The van der Waals surface area contributed by atoms with E-state index in [-0.39, 0.29) is 31.1 Å². The van der Waals surface area contributed by atoms with E-state index in [1.165, 1.54) is 180 Å². The Hall–Kier alpha value is -1.59. The Balaban J connectivity index is 4.30. The van der Waals surface area contributed by atoms with Crippen molar-refractivity contribution in [3.05, 3.63) is 0 Å². The topological polar surface area (TPSA) is 78.9 Å². The molecule has 59 heavy (non-hydrogen) atoms. The van der Waals surface area contributed by atoms with E-state index in [1.807, 2.05) is 0 Å². The molecule has 0 saturated heterocycles. The summed E-state index contributed by atoms with van der Waals surface area (Å²) in [5.41, 5.74) is 0. The highest BCUT2D eigenvalue weighted by molar-refractivity contribution is 5.71. The minimum absolute atomic E-state index is 0.0635. The Kier molecular flexibility index (Phi) is 44.7. The van der Waals surface area contributed by atoms with Crippen LogP contribution in [-0.4, -0.2) is 37.2 Å². The molecule has 0 unspecified atom stereocenters. The summed E-state index contributed by atoms with van der Waals surface area (Å²) in [7, 11) is 0. The summed E-state index contributed by atoms with van der Waals surface area (Å²) in [6.07, 6.45) is 46.6. The maximum Gasteiger partial charge on any atom is 0.306 e. The molecule has 0 N–H and O–H groups in total. The van der Waals surface area contributed by atoms with E-state index in [1.54, 1.807) is 0 Å². The zero-order valence-electron chi connectivity index (χ0n) is 40.4. The number of ether oxygens (including phenoxy) is 3. The number of hydrogen-bond acceptors (Lipinski definition) is 6. The van der Waals surface area contributed by atoms with Crippen molar-refractivity contribution >= 4 is 17.9 Å². The van der Waals surface area contributed by atoms with Gasteiger partial charge in [0.15, 0.2) is 6.10 Å². The van der Waals surface area contributed by atoms with Gasteiger partial charge in [0, 0.05) is 19.3 Å². The second kappa shape index (κ2) is 45.9. The van der Waals surface area contributed by atoms with Gasteiger partial charge in [0.2, 0.25) is 0 Å². The molecule has 0 bridgehead atoms. The van der Waals surface area contributed by atoms with E-state index >= 15 is 0 Å². The Morgan fingerprint density at radius 2 is 0.559 bits per heavy atom. The molecule has 0 aliphatic rings. The zero-order valence-corrected chi connectivity index (χ0v) is 40.4. The molecule has 0 rings (SSSR count). The lowest BCUT2D eigenvalue weighted by Gasteiger charge is -2.18. The number of rotatable bonds is 47.